The normalized spacial score (nSPS) is 11.4. The molecule has 32 heavy (non-hydrogen) atoms. The van der Waals surface area contributed by atoms with Gasteiger partial charge in [0.05, 0.1) is 22.6 Å². The number of aromatic amines is 2. The first-order valence-corrected chi connectivity index (χ1v) is 10.0. The number of nitrogens with zero attached hydrogens (tertiary/aromatic N) is 5. The van der Waals surface area contributed by atoms with Crippen molar-refractivity contribution in [2.24, 2.45) is 0 Å². The van der Waals surface area contributed by atoms with Gasteiger partial charge in [0.1, 0.15) is 11.5 Å². The number of rotatable bonds is 3. The molecule has 0 aliphatic carbocycles. The Labute approximate surface area is 181 Å². The Morgan fingerprint density at radius 3 is 2.56 bits per heavy atom. The third-order valence-electron chi connectivity index (χ3n) is 5.54. The molecule has 5 aromatic heterocycles. The topological polar surface area (TPSA) is 96.0 Å². The summed E-state index contributed by atoms with van der Waals surface area (Å²) in [5, 5.41) is 8.30. The molecular formula is C24H16FN7. The number of aromatic nitrogens is 7. The van der Waals surface area contributed by atoms with E-state index in [0.717, 1.165) is 44.2 Å². The van der Waals surface area contributed by atoms with Crippen molar-refractivity contribution < 1.29 is 4.39 Å². The Balaban J connectivity index is 1.51. The molecule has 0 unspecified atom stereocenters. The highest BCUT2D eigenvalue weighted by Gasteiger charge is 2.17. The smallest absolute Gasteiger partial charge is 0.159 e. The van der Waals surface area contributed by atoms with Crippen molar-refractivity contribution in [2.75, 3.05) is 0 Å². The second kappa shape index (κ2) is 7.05. The van der Waals surface area contributed by atoms with Gasteiger partial charge in [-0.2, -0.15) is 5.10 Å². The number of hydrogen-bond acceptors (Lipinski definition) is 5. The van der Waals surface area contributed by atoms with Gasteiger partial charge in [-0.05, 0) is 42.3 Å². The Morgan fingerprint density at radius 1 is 0.875 bits per heavy atom. The summed E-state index contributed by atoms with van der Waals surface area (Å²) in [4.78, 5) is 21.2. The summed E-state index contributed by atoms with van der Waals surface area (Å²) < 4.78 is 13.4. The monoisotopic (exact) mass is 421 g/mol. The fraction of sp³-hybridized carbons (Fsp3) is 0.0417. The van der Waals surface area contributed by atoms with E-state index in [2.05, 4.69) is 30.1 Å². The Bertz CT molecular complexity index is 1600. The number of pyridine rings is 3. The Morgan fingerprint density at radius 2 is 1.72 bits per heavy atom. The van der Waals surface area contributed by atoms with Gasteiger partial charge in [0, 0.05) is 41.5 Å². The molecule has 0 bridgehead atoms. The van der Waals surface area contributed by atoms with Crippen LogP contribution >= 0.6 is 0 Å². The van der Waals surface area contributed by atoms with Crippen LogP contribution in [0, 0.1) is 12.7 Å². The highest BCUT2D eigenvalue weighted by molar-refractivity contribution is 5.96. The van der Waals surface area contributed by atoms with Gasteiger partial charge in [0.2, 0.25) is 0 Å². The van der Waals surface area contributed by atoms with Crippen LogP contribution in [0.25, 0.3) is 55.8 Å². The molecule has 0 saturated carbocycles. The maximum Gasteiger partial charge on any atom is 0.159 e. The van der Waals surface area contributed by atoms with Crippen LogP contribution in [0.5, 0.6) is 0 Å². The van der Waals surface area contributed by atoms with Crippen LogP contribution in [0.4, 0.5) is 4.39 Å². The molecule has 0 saturated heterocycles. The standard InChI is InChI=1S/C24H16FN7/c1-13-6-7-26-10-18(13)15-8-17-22(31-32-23(17)28-9-15)24-29-20-12-27-11-19(21(20)30-24)14-2-4-16(25)5-3-14/h2-12H,1H3,(H,29,30)(H,28,31,32). The summed E-state index contributed by atoms with van der Waals surface area (Å²) in [6.07, 6.45) is 8.86. The van der Waals surface area contributed by atoms with Crippen LogP contribution < -0.4 is 0 Å². The molecule has 8 heteroatoms. The van der Waals surface area contributed by atoms with E-state index in [1.54, 1.807) is 30.7 Å². The lowest BCUT2D eigenvalue weighted by molar-refractivity contribution is 0.628. The molecule has 1 aromatic carbocycles. The van der Waals surface area contributed by atoms with E-state index in [9.17, 15) is 4.39 Å². The predicted molar refractivity (Wildman–Crippen MR) is 120 cm³/mol. The van der Waals surface area contributed by atoms with E-state index in [1.165, 1.54) is 12.1 Å². The van der Waals surface area contributed by atoms with Gasteiger partial charge in [-0.25, -0.2) is 14.4 Å². The first-order chi connectivity index (χ1) is 15.7. The molecule has 0 fully saturated rings. The van der Waals surface area contributed by atoms with Crippen LogP contribution in [0.15, 0.2) is 67.4 Å². The first-order valence-electron chi connectivity index (χ1n) is 10.0. The third-order valence-corrected chi connectivity index (χ3v) is 5.54. The molecule has 0 aliphatic rings. The van der Waals surface area contributed by atoms with Crippen molar-refractivity contribution >= 4 is 22.1 Å². The van der Waals surface area contributed by atoms with E-state index in [4.69, 9.17) is 4.98 Å². The van der Waals surface area contributed by atoms with Gasteiger partial charge >= 0.3 is 0 Å². The fourth-order valence-electron chi connectivity index (χ4n) is 3.88. The van der Waals surface area contributed by atoms with E-state index in [0.29, 0.717) is 17.2 Å². The minimum atomic E-state index is -0.285. The second-order valence-corrected chi connectivity index (χ2v) is 7.56. The summed E-state index contributed by atoms with van der Waals surface area (Å²) in [6, 6.07) is 10.3. The summed E-state index contributed by atoms with van der Waals surface area (Å²) in [5.74, 6) is 0.316. The maximum atomic E-state index is 13.4. The molecule has 0 spiro atoms. The van der Waals surface area contributed by atoms with E-state index in [-0.39, 0.29) is 5.82 Å². The highest BCUT2D eigenvalue weighted by Crippen LogP contribution is 2.32. The molecule has 0 atom stereocenters. The summed E-state index contributed by atoms with van der Waals surface area (Å²) in [6.45, 7) is 2.04. The predicted octanol–water partition coefficient (Wildman–Crippen LogP) is 5.07. The van der Waals surface area contributed by atoms with Crippen molar-refractivity contribution in [2.45, 2.75) is 6.92 Å². The van der Waals surface area contributed by atoms with Gasteiger partial charge in [0.15, 0.2) is 11.5 Å². The van der Waals surface area contributed by atoms with E-state index >= 15 is 0 Å². The van der Waals surface area contributed by atoms with Gasteiger partial charge < -0.3 is 4.98 Å². The molecule has 0 amide bonds. The molecular weight excluding hydrogens is 405 g/mol. The average Bonchev–Trinajstić information content (AvgIpc) is 3.43. The average molecular weight is 421 g/mol. The van der Waals surface area contributed by atoms with E-state index < -0.39 is 0 Å². The molecule has 6 aromatic rings. The van der Waals surface area contributed by atoms with Gasteiger partial charge in [-0.1, -0.05) is 12.1 Å². The van der Waals surface area contributed by atoms with Crippen molar-refractivity contribution in [3.05, 3.63) is 78.8 Å². The minimum Gasteiger partial charge on any atom is -0.335 e. The number of hydrogen-bond donors (Lipinski definition) is 2. The number of fused-ring (bicyclic) bond motifs is 2. The number of benzene rings is 1. The highest BCUT2D eigenvalue weighted by atomic mass is 19.1. The Hall–Kier alpha value is -4.46. The van der Waals surface area contributed by atoms with Gasteiger partial charge in [0.25, 0.3) is 0 Å². The van der Waals surface area contributed by atoms with Gasteiger partial charge in [-0.15, -0.1) is 0 Å². The zero-order chi connectivity index (χ0) is 21.7. The second-order valence-electron chi connectivity index (χ2n) is 7.56. The summed E-state index contributed by atoms with van der Waals surface area (Å²) in [5.41, 5.74) is 7.58. The Kier molecular flexibility index (Phi) is 4.04. The molecule has 6 rings (SSSR count). The molecule has 0 aliphatic heterocycles. The van der Waals surface area contributed by atoms with Crippen LogP contribution in [0.1, 0.15) is 5.56 Å². The van der Waals surface area contributed by atoms with Crippen LogP contribution in [-0.2, 0) is 0 Å². The lowest BCUT2D eigenvalue weighted by Gasteiger charge is -2.04. The molecule has 0 radical (unpaired) electrons. The molecule has 5 heterocycles. The summed E-state index contributed by atoms with van der Waals surface area (Å²) >= 11 is 0. The molecule has 7 nitrogen and oxygen atoms in total. The largest absolute Gasteiger partial charge is 0.335 e. The number of halogens is 1. The van der Waals surface area contributed by atoms with Crippen LogP contribution in [0.3, 0.4) is 0 Å². The first kappa shape index (κ1) is 18.3. The lowest BCUT2D eigenvalue weighted by Crippen LogP contribution is -1.87. The fourth-order valence-corrected chi connectivity index (χ4v) is 3.88. The SMILES string of the molecule is Cc1ccncc1-c1cnc2[nH]nc(-c3nc4c(-c5ccc(F)cc5)cncc4[nH]3)c2c1. The van der Waals surface area contributed by atoms with Crippen molar-refractivity contribution in [3.8, 4) is 33.8 Å². The van der Waals surface area contributed by atoms with Gasteiger partial charge in [-0.3, -0.25) is 15.1 Å². The molecule has 154 valence electrons. The zero-order valence-corrected chi connectivity index (χ0v) is 17.0. The minimum absolute atomic E-state index is 0.285. The van der Waals surface area contributed by atoms with Crippen LogP contribution in [-0.4, -0.2) is 35.1 Å². The number of H-pyrrole nitrogens is 2. The third kappa shape index (κ3) is 2.92. The van der Waals surface area contributed by atoms with Crippen molar-refractivity contribution in [1.82, 2.24) is 35.1 Å². The summed E-state index contributed by atoms with van der Waals surface area (Å²) in [7, 11) is 0. The quantitative estimate of drug-likeness (QED) is 0.416. The van der Waals surface area contributed by atoms with Crippen molar-refractivity contribution in [3.63, 3.8) is 0 Å². The zero-order valence-electron chi connectivity index (χ0n) is 17.0. The molecule has 2 N–H and O–H groups in total. The van der Waals surface area contributed by atoms with Crippen molar-refractivity contribution in [1.29, 1.82) is 0 Å². The van der Waals surface area contributed by atoms with Crippen LogP contribution in [0.2, 0.25) is 0 Å². The number of aryl methyl sites for hydroxylation is 1. The maximum absolute atomic E-state index is 13.4. The van der Waals surface area contributed by atoms with E-state index in [1.807, 2.05) is 31.5 Å². The number of nitrogens with one attached hydrogen (secondary N) is 2. The number of imidazole rings is 1. The lowest BCUT2D eigenvalue weighted by atomic mass is 10.0.